The summed E-state index contributed by atoms with van der Waals surface area (Å²) in [5.41, 5.74) is 0.945. The van der Waals surface area contributed by atoms with E-state index in [0.29, 0.717) is 0 Å². The second-order valence-corrected chi connectivity index (χ2v) is 5.67. The number of nitrogens with one attached hydrogen (secondary N) is 1. The largest absolute Gasteiger partial charge is 0.376 e. The number of hydrogen-bond donors (Lipinski definition) is 1. The number of aryl methyl sites for hydroxylation is 1. The Morgan fingerprint density at radius 1 is 1.41 bits per heavy atom. The van der Waals surface area contributed by atoms with E-state index in [-0.39, 0.29) is 11.6 Å². The number of rotatable bonds is 3. The Balaban J connectivity index is 2.18. The maximum Gasteiger partial charge on any atom is 0.250 e. The molecule has 0 aromatic carbocycles. The third kappa shape index (κ3) is 2.79. The van der Waals surface area contributed by atoms with Crippen LogP contribution in [0, 0.1) is 0 Å². The van der Waals surface area contributed by atoms with Gasteiger partial charge in [0.15, 0.2) is 0 Å². The molecular formula is C12H13BrN2OS. The summed E-state index contributed by atoms with van der Waals surface area (Å²) in [4.78, 5) is 12.5. The fourth-order valence-electron chi connectivity index (χ4n) is 1.61. The minimum Gasteiger partial charge on any atom is -0.376 e. The molecule has 2 aromatic heterocycles. The van der Waals surface area contributed by atoms with Crippen LogP contribution < -0.4 is 10.9 Å². The van der Waals surface area contributed by atoms with E-state index >= 15 is 0 Å². The predicted octanol–water partition coefficient (Wildman–Crippen LogP) is 3.38. The summed E-state index contributed by atoms with van der Waals surface area (Å²) >= 11 is 5.23. The highest BCUT2D eigenvalue weighted by Gasteiger charge is 2.10. The standard InChI is InChI=1S/C12H13BrN2OS/c1-8(12-10(13)5-6-17-12)14-9-3-4-11(16)15(2)7-9/h3-8,14H,1-2H3. The molecule has 5 heteroatoms. The lowest BCUT2D eigenvalue weighted by atomic mass is 10.2. The van der Waals surface area contributed by atoms with E-state index in [0.717, 1.165) is 10.2 Å². The highest BCUT2D eigenvalue weighted by Crippen LogP contribution is 2.30. The Hall–Kier alpha value is -1.07. The van der Waals surface area contributed by atoms with Gasteiger partial charge in [-0.25, -0.2) is 0 Å². The zero-order valence-corrected chi connectivity index (χ0v) is 12.0. The van der Waals surface area contributed by atoms with Crippen LogP contribution in [-0.2, 0) is 7.05 Å². The molecule has 0 bridgehead atoms. The average Bonchev–Trinajstić information content (AvgIpc) is 2.70. The predicted molar refractivity (Wildman–Crippen MR) is 75.7 cm³/mol. The van der Waals surface area contributed by atoms with Crippen molar-refractivity contribution in [3.8, 4) is 0 Å². The molecule has 0 spiro atoms. The van der Waals surface area contributed by atoms with Crippen molar-refractivity contribution >= 4 is 33.0 Å². The van der Waals surface area contributed by atoms with E-state index in [2.05, 4.69) is 33.6 Å². The molecule has 0 saturated carbocycles. The summed E-state index contributed by atoms with van der Waals surface area (Å²) in [6.07, 6.45) is 1.81. The molecule has 0 aliphatic carbocycles. The van der Waals surface area contributed by atoms with E-state index in [1.165, 1.54) is 4.88 Å². The van der Waals surface area contributed by atoms with Crippen LogP contribution in [0.1, 0.15) is 17.8 Å². The molecule has 1 atom stereocenters. The van der Waals surface area contributed by atoms with Crippen LogP contribution >= 0.6 is 27.3 Å². The normalized spacial score (nSPS) is 12.4. The summed E-state index contributed by atoms with van der Waals surface area (Å²) in [5.74, 6) is 0. The van der Waals surface area contributed by atoms with Gasteiger partial charge in [-0.15, -0.1) is 11.3 Å². The number of aromatic nitrogens is 1. The first-order chi connectivity index (χ1) is 8.08. The molecule has 90 valence electrons. The number of anilines is 1. The second kappa shape index (κ2) is 5.06. The van der Waals surface area contributed by atoms with Crippen LogP contribution in [-0.4, -0.2) is 4.57 Å². The summed E-state index contributed by atoms with van der Waals surface area (Å²) in [5, 5.41) is 5.43. The van der Waals surface area contributed by atoms with Gasteiger partial charge in [-0.1, -0.05) is 0 Å². The molecule has 2 rings (SSSR count). The molecule has 0 aliphatic heterocycles. The van der Waals surface area contributed by atoms with Crippen LogP contribution in [0.3, 0.4) is 0 Å². The van der Waals surface area contributed by atoms with E-state index in [1.54, 1.807) is 41.3 Å². The van der Waals surface area contributed by atoms with E-state index in [1.807, 2.05) is 6.07 Å². The average molecular weight is 313 g/mol. The second-order valence-electron chi connectivity index (χ2n) is 3.87. The molecule has 17 heavy (non-hydrogen) atoms. The van der Waals surface area contributed by atoms with Gasteiger partial charge in [-0.05, 0) is 40.4 Å². The number of halogens is 1. The van der Waals surface area contributed by atoms with Crippen LogP contribution in [0.4, 0.5) is 5.69 Å². The Labute approximate surface area is 112 Å². The Morgan fingerprint density at radius 3 is 2.76 bits per heavy atom. The molecule has 0 fully saturated rings. The lowest BCUT2D eigenvalue weighted by molar-refractivity contribution is 0.844. The molecule has 2 aromatic rings. The summed E-state index contributed by atoms with van der Waals surface area (Å²) < 4.78 is 2.69. The van der Waals surface area contributed by atoms with Gasteiger partial charge in [0.25, 0.3) is 0 Å². The van der Waals surface area contributed by atoms with Crippen molar-refractivity contribution in [3.63, 3.8) is 0 Å². The molecule has 2 heterocycles. The minimum atomic E-state index is 0.000470. The Kier molecular flexibility index (Phi) is 3.69. The SMILES string of the molecule is CC(Nc1ccc(=O)n(C)c1)c1sccc1Br. The first-order valence-electron chi connectivity index (χ1n) is 5.24. The van der Waals surface area contributed by atoms with Gasteiger partial charge in [0.05, 0.1) is 11.7 Å². The van der Waals surface area contributed by atoms with Crippen molar-refractivity contribution in [2.24, 2.45) is 7.05 Å². The van der Waals surface area contributed by atoms with E-state index in [4.69, 9.17) is 0 Å². The summed E-state index contributed by atoms with van der Waals surface area (Å²) in [6.45, 7) is 2.10. The van der Waals surface area contributed by atoms with Gasteiger partial charge in [0, 0.05) is 28.7 Å². The number of nitrogens with zero attached hydrogens (tertiary/aromatic N) is 1. The maximum atomic E-state index is 11.3. The van der Waals surface area contributed by atoms with Crippen molar-refractivity contribution in [3.05, 3.63) is 49.5 Å². The third-order valence-corrected chi connectivity index (χ3v) is 4.56. The van der Waals surface area contributed by atoms with Crippen LogP contribution in [0.25, 0.3) is 0 Å². The number of pyridine rings is 1. The molecule has 0 amide bonds. The van der Waals surface area contributed by atoms with Gasteiger partial charge in [0.1, 0.15) is 0 Å². The van der Waals surface area contributed by atoms with Crippen molar-refractivity contribution in [2.45, 2.75) is 13.0 Å². The zero-order valence-electron chi connectivity index (χ0n) is 9.61. The third-order valence-electron chi connectivity index (χ3n) is 2.51. The van der Waals surface area contributed by atoms with Gasteiger partial charge in [-0.2, -0.15) is 0 Å². The minimum absolute atomic E-state index is 0.000470. The molecule has 0 aliphatic rings. The fraction of sp³-hybridized carbons (Fsp3) is 0.250. The Bertz CT molecular complexity index is 576. The van der Waals surface area contributed by atoms with Crippen molar-refractivity contribution in [1.82, 2.24) is 4.57 Å². The molecular weight excluding hydrogens is 300 g/mol. The number of thiophene rings is 1. The molecule has 0 saturated heterocycles. The van der Waals surface area contributed by atoms with Gasteiger partial charge >= 0.3 is 0 Å². The van der Waals surface area contributed by atoms with Gasteiger partial charge in [-0.3, -0.25) is 4.79 Å². The van der Waals surface area contributed by atoms with Crippen molar-refractivity contribution < 1.29 is 0 Å². The fourth-order valence-corrected chi connectivity index (χ4v) is 3.33. The monoisotopic (exact) mass is 312 g/mol. The van der Waals surface area contributed by atoms with Gasteiger partial charge < -0.3 is 9.88 Å². The first kappa shape index (κ1) is 12.4. The highest BCUT2D eigenvalue weighted by molar-refractivity contribution is 9.10. The molecule has 0 radical (unpaired) electrons. The quantitative estimate of drug-likeness (QED) is 0.942. The van der Waals surface area contributed by atoms with Crippen molar-refractivity contribution in [2.75, 3.05) is 5.32 Å². The number of hydrogen-bond acceptors (Lipinski definition) is 3. The summed E-state index contributed by atoms with van der Waals surface area (Å²) in [7, 11) is 1.75. The van der Waals surface area contributed by atoms with E-state index < -0.39 is 0 Å². The summed E-state index contributed by atoms with van der Waals surface area (Å²) in [6, 6.07) is 5.62. The molecule has 1 unspecified atom stereocenters. The van der Waals surface area contributed by atoms with E-state index in [9.17, 15) is 4.79 Å². The zero-order chi connectivity index (χ0) is 12.4. The topological polar surface area (TPSA) is 34.0 Å². The van der Waals surface area contributed by atoms with Gasteiger partial charge in [0.2, 0.25) is 5.56 Å². The smallest absolute Gasteiger partial charge is 0.250 e. The lowest BCUT2D eigenvalue weighted by Gasteiger charge is -2.14. The first-order valence-corrected chi connectivity index (χ1v) is 6.91. The maximum absolute atomic E-state index is 11.3. The lowest BCUT2D eigenvalue weighted by Crippen LogP contribution is -2.16. The van der Waals surface area contributed by atoms with Crippen LogP contribution in [0.15, 0.2) is 39.0 Å². The molecule has 3 nitrogen and oxygen atoms in total. The highest BCUT2D eigenvalue weighted by atomic mass is 79.9. The van der Waals surface area contributed by atoms with Crippen LogP contribution in [0.2, 0.25) is 0 Å². The van der Waals surface area contributed by atoms with Crippen molar-refractivity contribution in [1.29, 1.82) is 0 Å². The van der Waals surface area contributed by atoms with Crippen LogP contribution in [0.5, 0.6) is 0 Å². The molecule has 1 N–H and O–H groups in total. The Morgan fingerprint density at radius 2 is 2.18 bits per heavy atom.